The van der Waals surface area contributed by atoms with Gasteiger partial charge in [-0.3, -0.25) is 0 Å². The van der Waals surface area contributed by atoms with Crippen LogP contribution in [0.4, 0.5) is 0 Å². The predicted octanol–water partition coefficient (Wildman–Crippen LogP) is 3.39. The topological polar surface area (TPSA) is 50.9 Å². The van der Waals surface area contributed by atoms with Crippen LogP contribution in [0.2, 0.25) is 5.15 Å². The Labute approximate surface area is 127 Å². The van der Waals surface area contributed by atoms with E-state index in [0.717, 1.165) is 11.1 Å². The molecule has 0 aliphatic heterocycles. The number of nitrogens with zero attached hydrogens (tertiary/aromatic N) is 3. The Morgan fingerprint density at radius 2 is 1.95 bits per heavy atom. The average Bonchev–Trinajstić information content (AvgIpc) is 2.85. The highest BCUT2D eigenvalue weighted by molar-refractivity contribution is 6.31. The second-order valence-electron chi connectivity index (χ2n) is 4.75. The van der Waals surface area contributed by atoms with E-state index in [1.54, 1.807) is 10.9 Å². The van der Waals surface area contributed by atoms with Crippen molar-refractivity contribution in [2.75, 3.05) is 0 Å². The number of benzene rings is 1. The van der Waals surface area contributed by atoms with Gasteiger partial charge in [-0.25, -0.2) is 9.67 Å². The first-order valence-corrected chi connectivity index (χ1v) is 6.95. The molecule has 0 radical (unpaired) electrons. The largest absolute Gasteiger partial charge is 0.391 e. The normalized spacial score (nSPS) is 10.8. The van der Waals surface area contributed by atoms with E-state index in [2.05, 4.69) is 10.1 Å². The summed E-state index contributed by atoms with van der Waals surface area (Å²) < 4.78 is 1.56. The molecule has 5 heteroatoms. The van der Waals surface area contributed by atoms with Crippen molar-refractivity contribution in [3.05, 3.63) is 64.9 Å². The molecule has 21 heavy (non-hydrogen) atoms. The third-order valence-corrected chi connectivity index (χ3v) is 3.63. The lowest BCUT2D eigenvalue weighted by Gasteiger charge is -2.02. The van der Waals surface area contributed by atoms with E-state index in [4.69, 9.17) is 11.6 Å². The first kappa shape index (κ1) is 13.8. The maximum Gasteiger partial charge on any atom is 0.155 e. The fourth-order valence-corrected chi connectivity index (χ4v) is 2.46. The summed E-state index contributed by atoms with van der Waals surface area (Å²) in [6.45, 7) is 1.81. The van der Waals surface area contributed by atoms with Gasteiger partial charge in [-0.05, 0) is 24.6 Å². The van der Waals surface area contributed by atoms with Gasteiger partial charge in [0.25, 0.3) is 0 Å². The van der Waals surface area contributed by atoms with Gasteiger partial charge < -0.3 is 5.11 Å². The molecule has 0 aliphatic carbocycles. The number of rotatable bonds is 3. The minimum atomic E-state index is -0.172. The van der Waals surface area contributed by atoms with Gasteiger partial charge in [-0.2, -0.15) is 5.10 Å². The lowest BCUT2D eigenvalue weighted by Crippen LogP contribution is -2.00. The monoisotopic (exact) mass is 299 g/mol. The lowest BCUT2D eigenvalue weighted by atomic mass is 10.1. The van der Waals surface area contributed by atoms with Gasteiger partial charge in [0.2, 0.25) is 0 Å². The van der Waals surface area contributed by atoms with Crippen LogP contribution < -0.4 is 0 Å². The summed E-state index contributed by atoms with van der Waals surface area (Å²) in [6.07, 6.45) is 1.71. The van der Waals surface area contributed by atoms with Crippen LogP contribution in [0.15, 0.2) is 48.7 Å². The Bertz CT molecular complexity index is 768. The molecule has 106 valence electrons. The van der Waals surface area contributed by atoms with Gasteiger partial charge in [-0.15, -0.1) is 0 Å². The van der Waals surface area contributed by atoms with Crippen molar-refractivity contribution in [3.8, 4) is 17.1 Å². The van der Waals surface area contributed by atoms with Crippen molar-refractivity contribution in [2.24, 2.45) is 0 Å². The smallest absolute Gasteiger partial charge is 0.155 e. The first-order valence-electron chi connectivity index (χ1n) is 6.57. The molecule has 4 nitrogen and oxygen atoms in total. The minimum Gasteiger partial charge on any atom is -0.391 e. The van der Waals surface area contributed by atoms with Gasteiger partial charge in [0, 0.05) is 17.3 Å². The summed E-state index contributed by atoms with van der Waals surface area (Å²) in [4.78, 5) is 4.29. The molecule has 2 aromatic heterocycles. The number of aliphatic hydroxyl groups excluding tert-OH is 1. The van der Waals surface area contributed by atoms with E-state index in [1.807, 2.05) is 49.4 Å². The molecule has 0 unspecified atom stereocenters. The Balaban J connectivity index is 2.18. The van der Waals surface area contributed by atoms with Gasteiger partial charge >= 0.3 is 0 Å². The van der Waals surface area contributed by atoms with E-state index in [1.165, 1.54) is 0 Å². The fraction of sp³-hybridized carbons (Fsp3) is 0.125. The number of aromatic nitrogens is 3. The molecule has 1 aromatic carbocycles. The Morgan fingerprint density at radius 3 is 2.62 bits per heavy atom. The van der Waals surface area contributed by atoms with Crippen molar-refractivity contribution >= 4 is 11.6 Å². The maximum atomic E-state index is 9.62. The molecular weight excluding hydrogens is 286 g/mol. The Kier molecular flexibility index (Phi) is 3.73. The van der Waals surface area contributed by atoms with E-state index < -0.39 is 0 Å². The summed E-state index contributed by atoms with van der Waals surface area (Å²) in [5.74, 6) is 0.636. The Hall–Kier alpha value is -2.17. The van der Waals surface area contributed by atoms with E-state index in [0.29, 0.717) is 22.2 Å². The van der Waals surface area contributed by atoms with Crippen LogP contribution in [0.5, 0.6) is 0 Å². The average molecular weight is 300 g/mol. The number of aliphatic hydroxyl groups is 1. The number of halogens is 1. The van der Waals surface area contributed by atoms with Gasteiger partial charge in [0.05, 0.1) is 12.3 Å². The second-order valence-corrected chi connectivity index (χ2v) is 5.10. The van der Waals surface area contributed by atoms with Crippen molar-refractivity contribution in [1.82, 2.24) is 14.8 Å². The van der Waals surface area contributed by atoms with Crippen LogP contribution in [0.25, 0.3) is 17.1 Å². The number of hydrogen-bond acceptors (Lipinski definition) is 3. The molecule has 0 amide bonds. The van der Waals surface area contributed by atoms with Crippen LogP contribution >= 0.6 is 11.6 Å². The molecule has 0 atom stereocenters. The van der Waals surface area contributed by atoms with Gasteiger partial charge in [0.15, 0.2) is 5.82 Å². The summed E-state index contributed by atoms with van der Waals surface area (Å²) in [5.41, 5.74) is 3.26. The molecule has 0 aliphatic rings. The molecule has 3 aromatic rings. The zero-order chi connectivity index (χ0) is 14.8. The van der Waals surface area contributed by atoms with Gasteiger partial charge in [0.1, 0.15) is 5.15 Å². The van der Waals surface area contributed by atoms with E-state index >= 15 is 0 Å². The third kappa shape index (κ3) is 2.55. The summed E-state index contributed by atoms with van der Waals surface area (Å²) in [6, 6.07) is 13.5. The van der Waals surface area contributed by atoms with Crippen molar-refractivity contribution in [1.29, 1.82) is 0 Å². The summed E-state index contributed by atoms with van der Waals surface area (Å²) in [7, 11) is 0. The number of aryl methyl sites for hydroxylation is 1. The molecular formula is C16H14ClN3O. The zero-order valence-corrected chi connectivity index (χ0v) is 12.2. The minimum absolute atomic E-state index is 0.172. The third-order valence-electron chi connectivity index (χ3n) is 3.24. The number of hydrogen-bond donors (Lipinski definition) is 1. The van der Waals surface area contributed by atoms with Crippen LogP contribution in [0.3, 0.4) is 0 Å². The highest BCUT2D eigenvalue weighted by atomic mass is 35.5. The molecule has 0 bridgehead atoms. The van der Waals surface area contributed by atoms with Crippen molar-refractivity contribution in [3.63, 3.8) is 0 Å². The quantitative estimate of drug-likeness (QED) is 0.806. The molecule has 0 spiro atoms. The summed E-state index contributed by atoms with van der Waals surface area (Å²) in [5, 5.41) is 14.5. The van der Waals surface area contributed by atoms with Crippen LogP contribution in [-0.2, 0) is 6.61 Å². The molecule has 1 N–H and O–H groups in total. The van der Waals surface area contributed by atoms with Crippen molar-refractivity contribution < 1.29 is 5.11 Å². The number of pyridine rings is 1. The van der Waals surface area contributed by atoms with Crippen LogP contribution in [-0.4, -0.2) is 19.9 Å². The van der Waals surface area contributed by atoms with E-state index in [-0.39, 0.29) is 6.61 Å². The lowest BCUT2D eigenvalue weighted by molar-refractivity contribution is 0.282. The van der Waals surface area contributed by atoms with E-state index in [9.17, 15) is 5.11 Å². The molecule has 0 fully saturated rings. The zero-order valence-electron chi connectivity index (χ0n) is 11.5. The highest BCUT2D eigenvalue weighted by Crippen LogP contribution is 2.30. The predicted molar refractivity (Wildman–Crippen MR) is 82.5 cm³/mol. The fourth-order valence-electron chi connectivity index (χ4n) is 2.19. The summed E-state index contributed by atoms with van der Waals surface area (Å²) >= 11 is 6.37. The highest BCUT2D eigenvalue weighted by Gasteiger charge is 2.18. The van der Waals surface area contributed by atoms with Crippen LogP contribution in [0.1, 0.15) is 11.1 Å². The standard InChI is InChI=1S/C16H14ClN3O/c1-11-7-8-18-14(9-11)20-16(17)13(10-21)15(19-20)12-5-3-2-4-6-12/h2-9,21H,10H2,1H3. The second kappa shape index (κ2) is 5.68. The SMILES string of the molecule is Cc1ccnc(-n2nc(-c3ccccc3)c(CO)c2Cl)c1. The first-order chi connectivity index (χ1) is 10.2. The van der Waals surface area contributed by atoms with Crippen molar-refractivity contribution in [2.45, 2.75) is 13.5 Å². The molecule has 0 saturated carbocycles. The molecule has 0 saturated heterocycles. The molecule has 3 rings (SSSR count). The Morgan fingerprint density at radius 1 is 1.19 bits per heavy atom. The van der Waals surface area contributed by atoms with Gasteiger partial charge in [-0.1, -0.05) is 41.9 Å². The maximum absolute atomic E-state index is 9.62. The van der Waals surface area contributed by atoms with Crippen LogP contribution in [0, 0.1) is 6.92 Å². The molecule has 2 heterocycles.